The highest BCUT2D eigenvalue weighted by Crippen LogP contribution is 2.13. The number of aromatic nitrogens is 3. The molecular weight excluding hydrogens is 319 g/mol. The van der Waals surface area contributed by atoms with Crippen LogP contribution in [0.5, 0.6) is 0 Å². The first kappa shape index (κ1) is 16.5. The number of halogens is 3. The monoisotopic (exact) mass is 331 g/mol. The molecule has 0 aliphatic heterocycles. The largest absolute Gasteiger partial charge is 0.739 e. The maximum atomic E-state index is 12.0. The fourth-order valence-electron chi connectivity index (χ4n) is 1.79. The van der Waals surface area contributed by atoms with Gasteiger partial charge in [0.1, 0.15) is 0 Å². The zero-order chi connectivity index (χ0) is 17.0. The van der Waals surface area contributed by atoms with Crippen LogP contribution in [0, 0.1) is 10.4 Å². The number of amides is 1. The zero-order valence-corrected chi connectivity index (χ0v) is 11.6. The lowest BCUT2D eigenvalue weighted by Crippen LogP contribution is -2.44. The number of para-hydroxylation sites is 2. The van der Waals surface area contributed by atoms with Gasteiger partial charge >= 0.3 is 18.0 Å². The molecule has 0 saturated heterocycles. The van der Waals surface area contributed by atoms with Crippen molar-refractivity contribution < 1.29 is 27.5 Å². The van der Waals surface area contributed by atoms with Crippen molar-refractivity contribution in [3.05, 3.63) is 34.7 Å². The predicted molar refractivity (Wildman–Crippen MR) is 71.8 cm³/mol. The third kappa shape index (κ3) is 3.87. The lowest BCUT2D eigenvalue weighted by Gasteiger charge is -2.10. The molecule has 23 heavy (non-hydrogen) atoms. The van der Waals surface area contributed by atoms with E-state index in [0.717, 1.165) is 0 Å². The van der Waals surface area contributed by atoms with Gasteiger partial charge in [-0.25, -0.2) is 4.73 Å². The van der Waals surface area contributed by atoms with Gasteiger partial charge in [0.05, 0.1) is 6.54 Å². The summed E-state index contributed by atoms with van der Waals surface area (Å²) < 4.78 is 36.3. The standard InChI is InChI=1S/C12H12F3N5O3/c13-12(14,15)10(21)16-6-3-7-17-11-18-20(23)9-5-2-1-4-8(9)19(11)22/h1-2,4-5H,3,6-7H2,(H,16,21)(H,17,18). The summed E-state index contributed by atoms with van der Waals surface area (Å²) in [7, 11) is 0. The van der Waals surface area contributed by atoms with Crippen LogP contribution >= 0.6 is 0 Å². The number of carbonyl (C=O) groups excluding carboxylic acids is 1. The number of hydrogen-bond acceptors (Lipinski definition) is 5. The molecule has 0 atom stereocenters. The van der Waals surface area contributed by atoms with Crippen LogP contribution in [0.3, 0.4) is 0 Å². The minimum absolute atomic E-state index is 0.0473. The SMILES string of the molecule is O=C(NCCCNc1n[n+]([O-])c2ccccc2[n+]1[O-])C(F)(F)F. The summed E-state index contributed by atoms with van der Waals surface area (Å²) in [6, 6.07) is 6.02. The van der Waals surface area contributed by atoms with Crippen LogP contribution in [0.4, 0.5) is 19.1 Å². The van der Waals surface area contributed by atoms with E-state index in [4.69, 9.17) is 0 Å². The summed E-state index contributed by atoms with van der Waals surface area (Å²) in [5, 5.41) is 31.4. The molecule has 2 rings (SSSR count). The minimum atomic E-state index is -4.93. The minimum Gasteiger partial charge on any atom is -0.739 e. The highest BCUT2D eigenvalue weighted by Gasteiger charge is 2.38. The van der Waals surface area contributed by atoms with E-state index in [1.54, 1.807) is 17.4 Å². The Hall–Kier alpha value is -2.85. The second-order valence-corrected chi connectivity index (χ2v) is 4.51. The van der Waals surface area contributed by atoms with E-state index in [1.807, 2.05) is 0 Å². The molecular formula is C12H12F3N5O3. The van der Waals surface area contributed by atoms with Crippen molar-refractivity contribution in [3.63, 3.8) is 0 Å². The number of nitrogens with zero attached hydrogens (tertiary/aromatic N) is 3. The summed E-state index contributed by atoms with van der Waals surface area (Å²) >= 11 is 0. The second-order valence-electron chi connectivity index (χ2n) is 4.51. The van der Waals surface area contributed by atoms with Crippen LogP contribution in [-0.2, 0) is 4.79 Å². The number of rotatable bonds is 5. The fraction of sp³-hybridized carbons (Fsp3) is 0.333. The molecule has 1 aromatic heterocycles. The Bertz CT molecular complexity index is 723. The highest BCUT2D eigenvalue weighted by molar-refractivity contribution is 5.81. The van der Waals surface area contributed by atoms with Crippen LogP contribution in [0.1, 0.15) is 6.42 Å². The number of fused-ring (bicyclic) bond motifs is 1. The maximum absolute atomic E-state index is 12.0. The first-order valence-electron chi connectivity index (χ1n) is 6.52. The molecule has 0 unspecified atom stereocenters. The Morgan fingerprint density at radius 1 is 1.17 bits per heavy atom. The van der Waals surface area contributed by atoms with E-state index in [9.17, 15) is 28.4 Å². The van der Waals surface area contributed by atoms with E-state index >= 15 is 0 Å². The van der Waals surface area contributed by atoms with Crippen LogP contribution in [0.15, 0.2) is 24.3 Å². The van der Waals surface area contributed by atoms with Crippen molar-refractivity contribution in [1.29, 1.82) is 0 Å². The molecule has 1 amide bonds. The fourth-order valence-corrected chi connectivity index (χ4v) is 1.79. The van der Waals surface area contributed by atoms with Gasteiger partial charge in [-0.1, -0.05) is 12.1 Å². The highest BCUT2D eigenvalue weighted by atomic mass is 19.4. The maximum Gasteiger partial charge on any atom is 0.471 e. The Kier molecular flexibility index (Phi) is 4.67. The van der Waals surface area contributed by atoms with E-state index in [-0.39, 0.29) is 41.3 Å². The average molecular weight is 331 g/mol. The summed E-state index contributed by atoms with van der Waals surface area (Å²) in [5.41, 5.74) is 0.191. The Labute approximate surface area is 127 Å². The molecule has 2 aromatic rings. The van der Waals surface area contributed by atoms with E-state index in [0.29, 0.717) is 4.73 Å². The van der Waals surface area contributed by atoms with Gasteiger partial charge in [-0.2, -0.15) is 13.2 Å². The van der Waals surface area contributed by atoms with Crippen LogP contribution in [0.2, 0.25) is 0 Å². The number of benzene rings is 1. The Morgan fingerprint density at radius 2 is 1.83 bits per heavy atom. The first-order valence-corrected chi connectivity index (χ1v) is 6.52. The molecule has 0 bridgehead atoms. The summed E-state index contributed by atoms with van der Waals surface area (Å²) in [5.74, 6) is -2.31. The molecule has 0 spiro atoms. The third-order valence-corrected chi connectivity index (χ3v) is 2.86. The lowest BCUT2D eigenvalue weighted by molar-refractivity contribution is -0.672. The van der Waals surface area contributed by atoms with Gasteiger partial charge in [0.15, 0.2) is 5.52 Å². The third-order valence-electron chi connectivity index (χ3n) is 2.86. The number of hydrogen-bond donors (Lipinski definition) is 2. The average Bonchev–Trinajstić information content (AvgIpc) is 2.50. The van der Waals surface area contributed by atoms with Gasteiger partial charge in [-0.05, 0) is 12.5 Å². The number of alkyl halides is 3. The topological polar surface area (TPSA) is 108 Å². The number of anilines is 1. The van der Waals surface area contributed by atoms with Crippen molar-refractivity contribution in [2.75, 3.05) is 18.4 Å². The van der Waals surface area contributed by atoms with E-state index in [2.05, 4.69) is 10.4 Å². The molecule has 0 aliphatic rings. The molecule has 0 saturated carbocycles. The van der Waals surface area contributed by atoms with Crippen molar-refractivity contribution in [2.45, 2.75) is 12.6 Å². The molecule has 124 valence electrons. The van der Waals surface area contributed by atoms with Crippen molar-refractivity contribution >= 4 is 22.9 Å². The molecule has 1 aromatic carbocycles. The summed E-state index contributed by atoms with van der Waals surface area (Å²) in [6.07, 6.45) is -4.82. The smallest absolute Gasteiger partial charge is 0.471 e. The van der Waals surface area contributed by atoms with Crippen LogP contribution in [0.25, 0.3) is 11.0 Å². The number of carbonyl (C=O) groups is 1. The van der Waals surface area contributed by atoms with Crippen LogP contribution in [-0.4, -0.2) is 30.3 Å². The van der Waals surface area contributed by atoms with Gasteiger partial charge < -0.3 is 15.7 Å². The van der Waals surface area contributed by atoms with Gasteiger partial charge in [-0.3, -0.25) is 10.1 Å². The van der Waals surface area contributed by atoms with E-state index in [1.165, 1.54) is 12.1 Å². The molecule has 11 heteroatoms. The zero-order valence-electron chi connectivity index (χ0n) is 11.6. The Balaban J connectivity index is 1.93. The molecule has 0 radical (unpaired) electrons. The van der Waals surface area contributed by atoms with Gasteiger partial charge in [0, 0.05) is 17.5 Å². The quantitative estimate of drug-likeness (QED) is 0.455. The second kappa shape index (κ2) is 6.50. The Morgan fingerprint density at radius 3 is 2.48 bits per heavy atom. The molecule has 1 heterocycles. The summed E-state index contributed by atoms with van der Waals surface area (Å²) in [6.45, 7) is -0.194. The van der Waals surface area contributed by atoms with Crippen LogP contribution < -0.4 is 20.2 Å². The van der Waals surface area contributed by atoms with Gasteiger partial charge in [0.2, 0.25) is 5.10 Å². The first-order chi connectivity index (χ1) is 10.8. The van der Waals surface area contributed by atoms with Crippen molar-refractivity contribution in [1.82, 2.24) is 10.4 Å². The number of nitrogens with one attached hydrogen (secondary N) is 2. The van der Waals surface area contributed by atoms with Gasteiger partial charge in [-0.15, -0.1) is 0 Å². The molecule has 0 aliphatic carbocycles. The van der Waals surface area contributed by atoms with Gasteiger partial charge in [0.25, 0.3) is 5.52 Å². The molecule has 8 nitrogen and oxygen atoms in total. The lowest BCUT2D eigenvalue weighted by atomic mass is 10.3. The van der Waals surface area contributed by atoms with Crippen molar-refractivity contribution in [2.24, 2.45) is 0 Å². The molecule has 0 fully saturated rings. The predicted octanol–water partition coefficient (Wildman–Crippen LogP) is -0.0179. The normalized spacial score (nSPS) is 11.4. The molecule has 2 N–H and O–H groups in total. The van der Waals surface area contributed by atoms with E-state index < -0.39 is 12.1 Å². The van der Waals surface area contributed by atoms with Crippen molar-refractivity contribution in [3.8, 4) is 0 Å². The summed E-state index contributed by atoms with van der Waals surface area (Å²) in [4.78, 5) is 10.9.